The number of carbonyl (C=O) groups is 1. The van der Waals surface area contributed by atoms with Crippen LogP contribution in [0.25, 0.3) is 11.0 Å². The molecule has 0 aliphatic carbocycles. The van der Waals surface area contributed by atoms with Crippen molar-refractivity contribution in [1.29, 1.82) is 0 Å². The average molecular weight is 303 g/mol. The minimum atomic E-state index is -0.560. The smallest absolute Gasteiger partial charge is 0.258 e. The van der Waals surface area contributed by atoms with E-state index in [9.17, 15) is 14.3 Å². The zero-order chi connectivity index (χ0) is 15.0. The van der Waals surface area contributed by atoms with Crippen LogP contribution in [0.2, 0.25) is 0 Å². The number of benzene rings is 2. The average Bonchev–Trinajstić information content (AvgIpc) is 2.80. The molecule has 0 bridgehead atoms. The molecule has 5 nitrogen and oxygen atoms in total. The number of hydrogen-bond acceptors (Lipinski definition) is 3. The van der Waals surface area contributed by atoms with Crippen LogP contribution < -0.4 is 5.32 Å². The van der Waals surface area contributed by atoms with E-state index < -0.39 is 11.7 Å². The van der Waals surface area contributed by atoms with Crippen LogP contribution in [0.15, 0.2) is 36.4 Å². The summed E-state index contributed by atoms with van der Waals surface area (Å²) >= 11 is 4.95. The second-order valence-electron chi connectivity index (χ2n) is 4.43. The Morgan fingerprint density at radius 2 is 2.00 bits per heavy atom. The zero-order valence-corrected chi connectivity index (χ0v) is 11.4. The number of nitrogens with one attached hydrogen (secondary N) is 3. The van der Waals surface area contributed by atoms with Gasteiger partial charge >= 0.3 is 0 Å². The van der Waals surface area contributed by atoms with Crippen molar-refractivity contribution in [2.45, 2.75) is 0 Å². The maximum Gasteiger partial charge on any atom is 0.258 e. The number of aromatic hydroxyl groups is 1. The van der Waals surface area contributed by atoms with E-state index in [1.807, 2.05) is 0 Å². The van der Waals surface area contributed by atoms with Gasteiger partial charge in [0.05, 0.1) is 22.3 Å². The van der Waals surface area contributed by atoms with Crippen LogP contribution in [0.3, 0.4) is 0 Å². The Balaban J connectivity index is 2.06. The van der Waals surface area contributed by atoms with Gasteiger partial charge in [0.15, 0.2) is 4.77 Å². The first-order valence-electron chi connectivity index (χ1n) is 6.05. The molecule has 3 aromatic rings. The summed E-state index contributed by atoms with van der Waals surface area (Å²) in [5.74, 6) is -1.18. The number of aromatic amines is 2. The molecule has 0 aliphatic heterocycles. The molecule has 0 fully saturated rings. The molecule has 0 radical (unpaired) electrons. The summed E-state index contributed by atoms with van der Waals surface area (Å²) < 4.78 is 13.9. The number of amides is 1. The normalized spacial score (nSPS) is 10.7. The first-order chi connectivity index (χ1) is 10.0. The van der Waals surface area contributed by atoms with E-state index in [4.69, 9.17) is 12.2 Å². The molecule has 21 heavy (non-hydrogen) atoms. The zero-order valence-electron chi connectivity index (χ0n) is 10.6. The number of hydrogen-bond donors (Lipinski definition) is 4. The molecule has 0 atom stereocenters. The van der Waals surface area contributed by atoms with Crippen molar-refractivity contribution in [2.75, 3.05) is 5.32 Å². The number of imidazole rings is 1. The van der Waals surface area contributed by atoms with Crippen LogP contribution in [0.1, 0.15) is 10.4 Å². The van der Waals surface area contributed by atoms with Crippen molar-refractivity contribution in [3.63, 3.8) is 0 Å². The fraction of sp³-hybridized carbons (Fsp3) is 0. The summed E-state index contributed by atoms with van der Waals surface area (Å²) in [4.78, 5) is 17.8. The van der Waals surface area contributed by atoms with Crippen LogP contribution in [0.5, 0.6) is 5.75 Å². The van der Waals surface area contributed by atoms with Gasteiger partial charge in [-0.1, -0.05) is 12.1 Å². The van der Waals surface area contributed by atoms with Crippen LogP contribution in [0, 0.1) is 10.6 Å². The van der Waals surface area contributed by atoms with Crippen molar-refractivity contribution in [3.05, 3.63) is 52.5 Å². The van der Waals surface area contributed by atoms with Gasteiger partial charge in [0.2, 0.25) is 0 Å². The number of halogens is 1. The number of para-hydroxylation sites is 2. The van der Waals surface area contributed by atoms with Gasteiger partial charge in [-0.2, -0.15) is 0 Å². The van der Waals surface area contributed by atoms with Crippen LogP contribution >= 0.6 is 12.2 Å². The van der Waals surface area contributed by atoms with Gasteiger partial charge in [0.25, 0.3) is 5.91 Å². The number of H-pyrrole nitrogens is 2. The second kappa shape index (κ2) is 5.02. The lowest BCUT2D eigenvalue weighted by Crippen LogP contribution is -2.13. The number of carbonyl (C=O) groups excluding carboxylic acids is 1. The lowest BCUT2D eigenvalue weighted by molar-refractivity contribution is 0.102. The van der Waals surface area contributed by atoms with Crippen LogP contribution in [-0.2, 0) is 0 Å². The molecular weight excluding hydrogens is 293 g/mol. The third kappa shape index (κ3) is 2.50. The van der Waals surface area contributed by atoms with Crippen LogP contribution in [-0.4, -0.2) is 21.0 Å². The van der Waals surface area contributed by atoms with E-state index in [0.717, 1.165) is 6.07 Å². The minimum Gasteiger partial charge on any atom is -0.506 e. The van der Waals surface area contributed by atoms with Gasteiger partial charge in [-0.05, 0) is 36.5 Å². The largest absolute Gasteiger partial charge is 0.506 e. The fourth-order valence-electron chi connectivity index (χ4n) is 2.06. The predicted molar refractivity (Wildman–Crippen MR) is 79.5 cm³/mol. The topological polar surface area (TPSA) is 80.9 Å². The third-order valence-corrected chi connectivity index (χ3v) is 3.19. The molecule has 0 saturated heterocycles. The summed E-state index contributed by atoms with van der Waals surface area (Å²) in [5.41, 5.74) is 1.16. The lowest BCUT2D eigenvalue weighted by Gasteiger charge is -2.07. The quantitative estimate of drug-likeness (QED) is 0.433. The summed E-state index contributed by atoms with van der Waals surface area (Å²) in [6.45, 7) is 0. The molecule has 1 amide bonds. The highest BCUT2D eigenvalue weighted by atomic mass is 32.1. The number of aromatic nitrogens is 2. The highest BCUT2D eigenvalue weighted by Crippen LogP contribution is 2.24. The Kier molecular flexibility index (Phi) is 3.19. The Labute approximate surface area is 123 Å². The SMILES string of the molecule is O=C(Nc1ccccc1O)c1cc(F)cc2[nH]c(=S)[nH]c12. The number of phenolic OH excluding ortho intramolecular Hbond substituents is 1. The molecule has 1 heterocycles. The van der Waals surface area contributed by atoms with Crippen molar-refractivity contribution in [1.82, 2.24) is 9.97 Å². The van der Waals surface area contributed by atoms with Crippen LogP contribution in [0.4, 0.5) is 10.1 Å². The number of phenols is 1. The highest BCUT2D eigenvalue weighted by molar-refractivity contribution is 7.71. The lowest BCUT2D eigenvalue weighted by atomic mass is 10.1. The number of rotatable bonds is 2. The Morgan fingerprint density at radius 1 is 1.24 bits per heavy atom. The molecule has 4 N–H and O–H groups in total. The monoisotopic (exact) mass is 303 g/mol. The Bertz CT molecular complexity index is 901. The maximum absolute atomic E-state index is 13.6. The molecule has 0 unspecified atom stereocenters. The molecular formula is C14H10FN3O2S. The van der Waals surface area contributed by atoms with Gasteiger partial charge in [0, 0.05) is 0 Å². The fourth-order valence-corrected chi connectivity index (χ4v) is 2.27. The van der Waals surface area contributed by atoms with Crippen molar-refractivity contribution >= 4 is 34.8 Å². The molecule has 1 aromatic heterocycles. The molecule has 2 aromatic carbocycles. The minimum absolute atomic E-state index is 0.0690. The number of anilines is 1. The van der Waals surface area contributed by atoms with Crippen molar-refractivity contribution in [3.8, 4) is 5.75 Å². The first kappa shape index (κ1) is 13.3. The predicted octanol–water partition coefficient (Wildman–Crippen LogP) is 3.32. The van der Waals surface area contributed by atoms with E-state index in [1.165, 1.54) is 12.1 Å². The molecule has 7 heteroatoms. The van der Waals surface area contributed by atoms with Gasteiger partial charge in [-0.25, -0.2) is 4.39 Å². The summed E-state index contributed by atoms with van der Waals surface area (Å²) in [7, 11) is 0. The summed E-state index contributed by atoms with van der Waals surface area (Å²) in [5, 5.41) is 12.2. The van der Waals surface area contributed by atoms with Gasteiger partial charge in [-0.15, -0.1) is 0 Å². The van der Waals surface area contributed by atoms with E-state index in [2.05, 4.69) is 15.3 Å². The Hall–Kier alpha value is -2.67. The van der Waals surface area contributed by atoms with Gasteiger partial charge in [0.1, 0.15) is 11.6 Å². The van der Waals surface area contributed by atoms with E-state index in [0.29, 0.717) is 15.8 Å². The van der Waals surface area contributed by atoms with Crippen molar-refractivity contribution < 1.29 is 14.3 Å². The third-order valence-electron chi connectivity index (χ3n) is 2.99. The standard InChI is InChI=1S/C14H10FN3O2S/c15-7-5-8(12-10(6-7)17-14(21)18-12)13(20)16-9-3-1-2-4-11(9)19/h1-6,19H,(H,16,20)(H2,17,18,21). The molecule has 0 saturated carbocycles. The van der Waals surface area contributed by atoms with Gasteiger partial charge in [-0.3, -0.25) is 4.79 Å². The molecule has 106 valence electrons. The Morgan fingerprint density at radius 3 is 2.76 bits per heavy atom. The van der Waals surface area contributed by atoms with E-state index >= 15 is 0 Å². The first-order valence-corrected chi connectivity index (χ1v) is 6.46. The number of fused-ring (bicyclic) bond motifs is 1. The highest BCUT2D eigenvalue weighted by Gasteiger charge is 2.15. The van der Waals surface area contributed by atoms with E-state index in [1.54, 1.807) is 18.2 Å². The van der Waals surface area contributed by atoms with Gasteiger partial charge < -0.3 is 20.4 Å². The second-order valence-corrected chi connectivity index (χ2v) is 4.83. The van der Waals surface area contributed by atoms with Crippen molar-refractivity contribution in [2.24, 2.45) is 0 Å². The molecule has 0 spiro atoms. The molecule has 3 rings (SSSR count). The van der Waals surface area contributed by atoms with E-state index in [-0.39, 0.29) is 17.0 Å². The molecule has 0 aliphatic rings. The summed E-state index contributed by atoms with van der Waals surface area (Å²) in [6, 6.07) is 8.65. The summed E-state index contributed by atoms with van der Waals surface area (Å²) in [6.07, 6.45) is 0. The maximum atomic E-state index is 13.6.